The minimum absolute atomic E-state index is 0.668. The molecule has 0 atom stereocenters. The van der Waals surface area contributed by atoms with E-state index < -0.39 is 0 Å². The highest BCUT2D eigenvalue weighted by molar-refractivity contribution is 5.71. The van der Waals surface area contributed by atoms with Gasteiger partial charge in [-0.05, 0) is 18.9 Å². The van der Waals surface area contributed by atoms with Gasteiger partial charge in [-0.1, -0.05) is 25.8 Å². The van der Waals surface area contributed by atoms with Gasteiger partial charge < -0.3 is 0 Å². The summed E-state index contributed by atoms with van der Waals surface area (Å²) >= 11 is 0. The van der Waals surface area contributed by atoms with Crippen molar-refractivity contribution in [2.24, 2.45) is 5.10 Å². The monoisotopic (exact) mass is 182 g/mol. The van der Waals surface area contributed by atoms with Crippen LogP contribution in [0.3, 0.4) is 0 Å². The van der Waals surface area contributed by atoms with Crippen LogP contribution in [0, 0.1) is 0 Å². The first-order valence-corrected chi connectivity index (χ1v) is 4.68. The van der Waals surface area contributed by atoms with E-state index in [0.717, 1.165) is 6.42 Å². The van der Waals surface area contributed by atoms with Gasteiger partial charge in [0.05, 0.1) is 0 Å². The number of unbranched alkanes of at least 4 members (excludes halogenated alkanes) is 3. The molecule has 0 spiro atoms. The quantitative estimate of drug-likeness (QED) is 0.257. The van der Waals surface area contributed by atoms with E-state index in [-0.39, 0.29) is 0 Å². The van der Waals surface area contributed by atoms with Gasteiger partial charge in [0.1, 0.15) is 0 Å². The molecule has 0 heterocycles. The summed E-state index contributed by atoms with van der Waals surface area (Å²) in [4.78, 5) is 10.1. The van der Waals surface area contributed by atoms with E-state index >= 15 is 0 Å². The van der Waals surface area contributed by atoms with Crippen molar-refractivity contribution in [2.75, 3.05) is 7.05 Å². The molecule has 0 aromatic heterocycles. The Balaban J connectivity index is 3.39. The first-order valence-electron chi connectivity index (χ1n) is 4.68. The Morgan fingerprint density at radius 3 is 2.77 bits per heavy atom. The fourth-order valence-corrected chi connectivity index (χ4v) is 0.840. The molecule has 13 heavy (non-hydrogen) atoms. The summed E-state index contributed by atoms with van der Waals surface area (Å²) in [6.45, 7) is 2.18. The molecule has 0 fully saturated rings. The second kappa shape index (κ2) is 8.97. The van der Waals surface area contributed by atoms with Crippen LogP contribution in [0.5, 0.6) is 0 Å². The average Bonchev–Trinajstić information content (AvgIpc) is 2.16. The van der Waals surface area contributed by atoms with E-state index in [1.54, 1.807) is 13.3 Å². The summed E-state index contributed by atoms with van der Waals surface area (Å²) in [6, 6.07) is 0. The Kier molecular flexibility index (Phi) is 8.20. The first-order chi connectivity index (χ1) is 6.31. The minimum atomic E-state index is 0.668. The predicted molar refractivity (Wildman–Crippen MR) is 55.6 cm³/mol. The second-order valence-corrected chi connectivity index (χ2v) is 2.87. The molecule has 0 aliphatic heterocycles. The molecule has 3 heteroatoms. The lowest BCUT2D eigenvalue weighted by Gasteiger charge is -1.97. The highest BCUT2D eigenvalue weighted by atomic mass is 16.1. The summed E-state index contributed by atoms with van der Waals surface area (Å²) in [5, 5.41) is 5.05. The Morgan fingerprint density at radius 2 is 2.15 bits per heavy atom. The third-order valence-corrected chi connectivity index (χ3v) is 1.60. The maximum Gasteiger partial charge on any atom is 0.229 e. The van der Waals surface area contributed by atoms with Gasteiger partial charge in [0.25, 0.3) is 0 Å². The third-order valence-electron chi connectivity index (χ3n) is 1.60. The number of amides is 1. The van der Waals surface area contributed by atoms with Crippen LogP contribution in [0.1, 0.15) is 32.6 Å². The molecular weight excluding hydrogens is 164 g/mol. The van der Waals surface area contributed by atoms with E-state index in [2.05, 4.69) is 18.1 Å². The van der Waals surface area contributed by atoms with Crippen LogP contribution in [0.2, 0.25) is 0 Å². The summed E-state index contributed by atoms with van der Waals surface area (Å²) in [5.74, 6) is 0. The zero-order valence-electron chi connectivity index (χ0n) is 8.44. The SMILES string of the molecule is CCCCC/C=C/C=N/N(C)C=O. The maximum absolute atomic E-state index is 10.1. The second-order valence-electron chi connectivity index (χ2n) is 2.87. The third kappa shape index (κ3) is 8.79. The lowest BCUT2D eigenvalue weighted by Crippen LogP contribution is -2.06. The van der Waals surface area contributed by atoms with Crippen molar-refractivity contribution < 1.29 is 4.79 Å². The minimum Gasteiger partial charge on any atom is -0.277 e. The highest BCUT2D eigenvalue weighted by Crippen LogP contribution is 1.98. The van der Waals surface area contributed by atoms with Gasteiger partial charge in [-0.2, -0.15) is 5.10 Å². The molecule has 0 saturated heterocycles. The summed E-state index contributed by atoms with van der Waals surface area (Å²) in [7, 11) is 1.61. The number of allylic oxidation sites excluding steroid dienone is 2. The number of hydrazone groups is 1. The fraction of sp³-hybridized carbons (Fsp3) is 0.600. The van der Waals surface area contributed by atoms with Gasteiger partial charge in [0.15, 0.2) is 0 Å². The summed E-state index contributed by atoms with van der Waals surface area (Å²) in [6.07, 6.45) is 11.1. The number of hydrogen-bond acceptors (Lipinski definition) is 2. The van der Waals surface area contributed by atoms with Crippen LogP contribution in [0.15, 0.2) is 17.3 Å². The van der Waals surface area contributed by atoms with Crippen LogP contribution >= 0.6 is 0 Å². The molecule has 0 bridgehead atoms. The zero-order chi connectivity index (χ0) is 9.94. The van der Waals surface area contributed by atoms with E-state index in [0.29, 0.717) is 6.41 Å². The molecule has 0 rings (SSSR count). The Hall–Kier alpha value is -1.12. The molecule has 0 aromatic rings. The Morgan fingerprint density at radius 1 is 1.38 bits per heavy atom. The van der Waals surface area contributed by atoms with Gasteiger partial charge in [-0.15, -0.1) is 0 Å². The lowest BCUT2D eigenvalue weighted by atomic mass is 10.2. The van der Waals surface area contributed by atoms with Crippen LogP contribution in [0.25, 0.3) is 0 Å². The molecular formula is C10H18N2O. The van der Waals surface area contributed by atoms with Crippen molar-refractivity contribution in [2.45, 2.75) is 32.6 Å². The average molecular weight is 182 g/mol. The van der Waals surface area contributed by atoms with Gasteiger partial charge in [-0.3, -0.25) is 4.79 Å². The molecule has 0 N–H and O–H groups in total. The molecule has 0 saturated carbocycles. The van der Waals surface area contributed by atoms with Gasteiger partial charge in [0, 0.05) is 13.3 Å². The van der Waals surface area contributed by atoms with Crippen molar-refractivity contribution in [3.63, 3.8) is 0 Å². The van der Waals surface area contributed by atoms with Gasteiger partial charge in [-0.25, -0.2) is 5.01 Å². The summed E-state index contributed by atoms with van der Waals surface area (Å²) in [5.41, 5.74) is 0. The number of carbonyl (C=O) groups excluding carboxylic acids is 1. The van der Waals surface area contributed by atoms with E-state index in [9.17, 15) is 4.79 Å². The first kappa shape index (κ1) is 11.9. The van der Waals surface area contributed by atoms with Crippen LogP contribution in [-0.2, 0) is 4.79 Å². The van der Waals surface area contributed by atoms with Crippen LogP contribution in [0.4, 0.5) is 0 Å². The molecule has 0 aliphatic carbocycles. The highest BCUT2D eigenvalue weighted by Gasteiger charge is 1.81. The topological polar surface area (TPSA) is 32.7 Å². The smallest absolute Gasteiger partial charge is 0.229 e. The zero-order valence-corrected chi connectivity index (χ0v) is 8.44. The van der Waals surface area contributed by atoms with Crippen molar-refractivity contribution in [3.05, 3.63) is 12.2 Å². The largest absolute Gasteiger partial charge is 0.277 e. The number of rotatable bonds is 7. The Labute approximate surface area is 80.1 Å². The summed E-state index contributed by atoms with van der Waals surface area (Å²) < 4.78 is 0. The standard InChI is InChI=1S/C10H18N2O/c1-3-4-5-6-7-8-9-11-12(2)10-13/h7-10H,3-6H2,1-2H3/b8-7+,11-9+. The van der Waals surface area contributed by atoms with Crippen molar-refractivity contribution in [1.29, 1.82) is 0 Å². The lowest BCUT2D eigenvalue weighted by molar-refractivity contribution is -0.116. The van der Waals surface area contributed by atoms with Crippen molar-refractivity contribution >= 4 is 12.6 Å². The molecule has 1 amide bonds. The number of nitrogens with zero attached hydrogens (tertiary/aromatic N) is 2. The normalized spacial score (nSPS) is 11.2. The van der Waals surface area contributed by atoms with Gasteiger partial charge in [0.2, 0.25) is 6.41 Å². The molecule has 0 unspecified atom stereocenters. The van der Waals surface area contributed by atoms with E-state index in [1.165, 1.54) is 24.3 Å². The van der Waals surface area contributed by atoms with Crippen molar-refractivity contribution in [1.82, 2.24) is 5.01 Å². The molecule has 0 radical (unpaired) electrons. The van der Waals surface area contributed by atoms with Gasteiger partial charge >= 0.3 is 0 Å². The number of hydrogen-bond donors (Lipinski definition) is 0. The van der Waals surface area contributed by atoms with Crippen molar-refractivity contribution in [3.8, 4) is 0 Å². The molecule has 74 valence electrons. The van der Waals surface area contributed by atoms with Crippen LogP contribution in [-0.4, -0.2) is 24.7 Å². The molecule has 3 nitrogen and oxygen atoms in total. The van der Waals surface area contributed by atoms with E-state index in [1.807, 2.05) is 6.08 Å². The van der Waals surface area contributed by atoms with Crippen LogP contribution < -0.4 is 0 Å². The molecule has 0 aromatic carbocycles. The molecule has 0 aliphatic rings. The Bertz CT molecular complexity index is 176. The number of carbonyl (C=O) groups is 1. The maximum atomic E-state index is 10.1. The van der Waals surface area contributed by atoms with E-state index in [4.69, 9.17) is 0 Å². The predicted octanol–water partition coefficient (Wildman–Crippen LogP) is 2.20. The fourth-order valence-electron chi connectivity index (χ4n) is 0.840.